The number of ether oxygens (including phenoxy) is 1. The number of rotatable bonds is 0. The van der Waals surface area contributed by atoms with E-state index in [-0.39, 0.29) is 17.4 Å². The van der Waals surface area contributed by atoms with Crippen LogP contribution in [0, 0.1) is 11.3 Å². The van der Waals surface area contributed by atoms with Crippen LogP contribution in [0.2, 0.25) is 0 Å². The summed E-state index contributed by atoms with van der Waals surface area (Å²) in [5.74, 6) is 0.440. The van der Waals surface area contributed by atoms with Crippen LogP contribution < -0.4 is 0 Å². The maximum Gasteiger partial charge on any atom is 0.410 e. The van der Waals surface area contributed by atoms with Gasteiger partial charge in [-0.15, -0.1) is 0 Å². The predicted octanol–water partition coefficient (Wildman–Crippen LogP) is 1.83. The van der Waals surface area contributed by atoms with Crippen LogP contribution in [-0.4, -0.2) is 35.5 Å². The van der Waals surface area contributed by atoms with Gasteiger partial charge in [-0.25, -0.2) is 4.79 Å². The molecule has 4 heteroatoms. The van der Waals surface area contributed by atoms with Crippen LogP contribution in [-0.2, 0) is 9.53 Å². The largest absolute Gasteiger partial charge is 0.444 e. The Labute approximate surface area is 95.9 Å². The number of likely N-dealkylation sites (tertiary alicyclic amines) is 1. The number of hydrogen-bond acceptors (Lipinski definition) is 3. The second-order valence-corrected chi connectivity index (χ2v) is 6.06. The van der Waals surface area contributed by atoms with Crippen LogP contribution in [0.15, 0.2) is 0 Å². The molecule has 1 atom stereocenters. The fraction of sp³-hybridized carbons (Fsp3) is 0.833. The van der Waals surface area contributed by atoms with Crippen LogP contribution in [0.1, 0.15) is 34.1 Å². The number of hydrogen-bond donors (Lipinski definition) is 0. The van der Waals surface area contributed by atoms with E-state index in [0.717, 1.165) is 0 Å². The smallest absolute Gasteiger partial charge is 0.410 e. The number of Topliss-reactive ketones (excluding diaryl/α,β-unsaturated/α-hetero) is 1. The predicted molar refractivity (Wildman–Crippen MR) is 59.0 cm³/mol. The second kappa shape index (κ2) is 3.22. The van der Waals surface area contributed by atoms with Crippen molar-refractivity contribution < 1.29 is 14.3 Å². The normalized spacial score (nSPS) is 27.4. The van der Waals surface area contributed by atoms with E-state index >= 15 is 0 Å². The van der Waals surface area contributed by atoms with E-state index in [1.54, 1.807) is 4.90 Å². The van der Waals surface area contributed by atoms with Crippen LogP contribution >= 0.6 is 0 Å². The van der Waals surface area contributed by atoms with Gasteiger partial charge in [0.2, 0.25) is 0 Å². The summed E-state index contributed by atoms with van der Waals surface area (Å²) in [6, 6.07) is 0. The van der Waals surface area contributed by atoms with Crippen molar-refractivity contribution >= 4 is 11.9 Å². The molecule has 1 saturated heterocycles. The molecule has 1 saturated carbocycles. The van der Waals surface area contributed by atoms with Gasteiger partial charge in [-0.3, -0.25) is 4.79 Å². The highest BCUT2D eigenvalue weighted by molar-refractivity contribution is 5.90. The maximum absolute atomic E-state index is 11.7. The molecule has 1 aliphatic heterocycles. The highest BCUT2D eigenvalue weighted by Gasteiger charge is 2.59. The zero-order chi connectivity index (χ0) is 12.1. The van der Waals surface area contributed by atoms with E-state index in [2.05, 4.69) is 0 Å². The average Bonchev–Trinajstić information content (AvgIpc) is 2.06. The molecule has 0 aromatic heterocycles. The van der Waals surface area contributed by atoms with E-state index < -0.39 is 5.60 Å². The Bertz CT molecular complexity index is 337. The molecule has 90 valence electrons. The number of ketones is 1. The Hall–Kier alpha value is -1.06. The Balaban J connectivity index is 1.85. The van der Waals surface area contributed by atoms with Gasteiger partial charge >= 0.3 is 6.09 Å². The minimum absolute atomic E-state index is 0.0774. The molecule has 4 nitrogen and oxygen atoms in total. The van der Waals surface area contributed by atoms with Gasteiger partial charge in [-0.05, 0) is 20.8 Å². The van der Waals surface area contributed by atoms with Gasteiger partial charge in [-0.1, -0.05) is 6.92 Å². The van der Waals surface area contributed by atoms with Crippen molar-refractivity contribution in [2.75, 3.05) is 13.1 Å². The molecule has 0 aromatic rings. The van der Waals surface area contributed by atoms with Gasteiger partial charge in [0.05, 0.1) is 0 Å². The van der Waals surface area contributed by atoms with Crippen molar-refractivity contribution in [3.8, 4) is 0 Å². The lowest BCUT2D eigenvalue weighted by Crippen LogP contribution is -2.68. The van der Waals surface area contributed by atoms with E-state index in [0.29, 0.717) is 25.3 Å². The lowest BCUT2D eigenvalue weighted by Gasteiger charge is -2.58. The van der Waals surface area contributed by atoms with Gasteiger partial charge in [0.25, 0.3) is 0 Å². The molecule has 1 heterocycles. The molecular formula is C12H19NO3. The van der Waals surface area contributed by atoms with Gasteiger partial charge in [-0.2, -0.15) is 0 Å². The van der Waals surface area contributed by atoms with Gasteiger partial charge in [0.15, 0.2) is 0 Å². The van der Waals surface area contributed by atoms with Gasteiger partial charge in [0.1, 0.15) is 11.4 Å². The molecule has 2 aliphatic rings. The van der Waals surface area contributed by atoms with Crippen LogP contribution in [0.3, 0.4) is 0 Å². The van der Waals surface area contributed by atoms with Crippen molar-refractivity contribution in [3.63, 3.8) is 0 Å². The molecule has 2 fully saturated rings. The Morgan fingerprint density at radius 3 is 2.38 bits per heavy atom. The lowest BCUT2D eigenvalue weighted by atomic mass is 9.56. The molecular weight excluding hydrogens is 206 g/mol. The first kappa shape index (κ1) is 11.4. The first-order chi connectivity index (χ1) is 7.23. The summed E-state index contributed by atoms with van der Waals surface area (Å²) in [6.45, 7) is 8.88. The van der Waals surface area contributed by atoms with Crippen molar-refractivity contribution in [1.82, 2.24) is 4.90 Å². The number of carbonyl (C=O) groups excluding carboxylic acids is 2. The summed E-state index contributed by atoms with van der Waals surface area (Å²) in [5.41, 5.74) is -0.366. The minimum Gasteiger partial charge on any atom is -0.444 e. The summed E-state index contributed by atoms with van der Waals surface area (Å²) in [7, 11) is 0. The fourth-order valence-electron chi connectivity index (χ4n) is 2.42. The lowest BCUT2D eigenvalue weighted by molar-refractivity contribution is -0.158. The molecule has 0 aromatic carbocycles. The third-order valence-corrected chi connectivity index (χ3v) is 3.59. The standard InChI is InChI=1S/C12H19NO3/c1-8-9(14)5-12(8)6-13(7-12)10(15)16-11(2,3)4/h8H,5-7H2,1-4H3. The van der Waals surface area contributed by atoms with E-state index in [9.17, 15) is 9.59 Å². The second-order valence-electron chi connectivity index (χ2n) is 6.06. The van der Waals surface area contributed by atoms with E-state index in [1.807, 2.05) is 27.7 Å². The first-order valence-corrected chi connectivity index (χ1v) is 5.74. The monoisotopic (exact) mass is 225 g/mol. The zero-order valence-corrected chi connectivity index (χ0v) is 10.4. The molecule has 1 aliphatic carbocycles. The van der Waals surface area contributed by atoms with Crippen molar-refractivity contribution in [2.24, 2.45) is 11.3 Å². The number of carbonyl (C=O) groups is 2. The van der Waals surface area contributed by atoms with Crippen molar-refractivity contribution in [3.05, 3.63) is 0 Å². The van der Waals surface area contributed by atoms with Crippen LogP contribution in [0.5, 0.6) is 0 Å². The molecule has 1 spiro atoms. The molecule has 1 unspecified atom stereocenters. The summed E-state index contributed by atoms with van der Waals surface area (Å²) in [5, 5.41) is 0. The average molecular weight is 225 g/mol. The van der Waals surface area contributed by atoms with E-state index in [1.165, 1.54) is 0 Å². The summed E-state index contributed by atoms with van der Waals surface area (Å²) in [6.07, 6.45) is 0.373. The minimum atomic E-state index is -0.444. The summed E-state index contributed by atoms with van der Waals surface area (Å²) >= 11 is 0. The molecule has 1 amide bonds. The Morgan fingerprint density at radius 1 is 1.44 bits per heavy atom. The molecule has 0 N–H and O–H groups in total. The fourth-order valence-corrected chi connectivity index (χ4v) is 2.42. The highest BCUT2D eigenvalue weighted by atomic mass is 16.6. The van der Waals surface area contributed by atoms with Crippen molar-refractivity contribution in [2.45, 2.75) is 39.7 Å². The molecule has 0 bridgehead atoms. The molecule has 0 radical (unpaired) electrons. The number of amides is 1. The van der Waals surface area contributed by atoms with Crippen LogP contribution in [0.4, 0.5) is 4.79 Å². The van der Waals surface area contributed by atoms with Gasteiger partial charge in [0, 0.05) is 30.8 Å². The zero-order valence-electron chi connectivity index (χ0n) is 10.4. The maximum atomic E-state index is 11.7. The first-order valence-electron chi connectivity index (χ1n) is 5.74. The Kier molecular flexibility index (Phi) is 2.30. The SMILES string of the molecule is CC1C(=O)CC12CN(C(=O)OC(C)(C)C)C2. The van der Waals surface area contributed by atoms with E-state index in [4.69, 9.17) is 4.74 Å². The third-order valence-electron chi connectivity index (χ3n) is 3.59. The summed E-state index contributed by atoms with van der Waals surface area (Å²) < 4.78 is 5.27. The third kappa shape index (κ3) is 1.70. The number of nitrogens with zero attached hydrogens (tertiary/aromatic N) is 1. The van der Waals surface area contributed by atoms with Crippen molar-refractivity contribution in [1.29, 1.82) is 0 Å². The highest BCUT2D eigenvalue weighted by Crippen LogP contribution is 2.50. The topological polar surface area (TPSA) is 46.6 Å². The van der Waals surface area contributed by atoms with Gasteiger partial charge < -0.3 is 9.64 Å². The quantitative estimate of drug-likeness (QED) is 0.632. The Morgan fingerprint density at radius 2 is 2.00 bits per heavy atom. The summed E-state index contributed by atoms with van der Waals surface area (Å²) in [4.78, 5) is 24.6. The van der Waals surface area contributed by atoms with Crippen LogP contribution in [0.25, 0.3) is 0 Å². The molecule has 16 heavy (non-hydrogen) atoms. The molecule has 2 rings (SSSR count).